The van der Waals surface area contributed by atoms with Crippen molar-refractivity contribution in [3.05, 3.63) is 36.3 Å². The third-order valence-electron chi connectivity index (χ3n) is 2.28. The van der Waals surface area contributed by atoms with Crippen molar-refractivity contribution in [2.45, 2.75) is 6.92 Å². The van der Waals surface area contributed by atoms with Gasteiger partial charge in [0.1, 0.15) is 0 Å². The number of nitrogens with zero attached hydrogens (tertiary/aromatic N) is 2. The van der Waals surface area contributed by atoms with Crippen molar-refractivity contribution in [1.82, 2.24) is 9.55 Å². The van der Waals surface area contributed by atoms with Crippen molar-refractivity contribution in [2.75, 3.05) is 5.73 Å². The standard InChI is InChI=1S/C11H13N3/c1-8-11(14(2)7-13-8)9-4-3-5-10(12)6-9/h3-7H,12H2,1-2H3. The van der Waals surface area contributed by atoms with Crippen LogP contribution in [-0.4, -0.2) is 9.55 Å². The fourth-order valence-electron chi connectivity index (χ4n) is 1.65. The number of aryl methyl sites for hydroxylation is 2. The maximum absolute atomic E-state index is 5.74. The van der Waals surface area contributed by atoms with Crippen LogP contribution in [0.5, 0.6) is 0 Å². The summed E-state index contributed by atoms with van der Waals surface area (Å²) >= 11 is 0. The van der Waals surface area contributed by atoms with Gasteiger partial charge in [0.15, 0.2) is 0 Å². The number of benzene rings is 1. The maximum atomic E-state index is 5.74. The monoisotopic (exact) mass is 187 g/mol. The van der Waals surface area contributed by atoms with Gasteiger partial charge in [0.2, 0.25) is 0 Å². The lowest BCUT2D eigenvalue weighted by Crippen LogP contribution is -1.92. The van der Waals surface area contributed by atoms with Gasteiger partial charge in [-0.2, -0.15) is 0 Å². The Morgan fingerprint density at radius 3 is 2.71 bits per heavy atom. The number of anilines is 1. The minimum absolute atomic E-state index is 0.781. The zero-order chi connectivity index (χ0) is 10.1. The number of nitrogens with two attached hydrogens (primary N) is 1. The average molecular weight is 187 g/mol. The van der Waals surface area contributed by atoms with E-state index in [0.717, 1.165) is 22.6 Å². The van der Waals surface area contributed by atoms with Gasteiger partial charge in [-0.25, -0.2) is 4.98 Å². The number of aromatic nitrogens is 2. The fourth-order valence-corrected chi connectivity index (χ4v) is 1.65. The maximum Gasteiger partial charge on any atom is 0.0951 e. The molecule has 0 spiro atoms. The second-order valence-electron chi connectivity index (χ2n) is 3.41. The molecule has 0 amide bonds. The summed E-state index contributed by atoms with van der Waals surface area (Å²) in [7, 11) is 1.98. The van der Waals surface area contributed by atoms with Crippen LogP contribution in [0.4, 0.5) is 5.69 Å². The summed E-state index contributed by atoms with van der Waals surface area (Å²) < 4.78 is 2.00. The second kappa shape index (κ2) is 3.18. The van der Waals surface area contributed by atoms with E-state index in [1.54, 1.807) is 0 Å². The van der Waals surface area contributed by atoms with E-state index in [0.29, 0.717) is 0 Å². The third kappa shape index (κ3) is 1.37. The van der Waals surface area contributed by atoms with Gasteiger partial charge >= 0.3 is 0 Å². The molecule has 1 aromatic heterocycles. The first-order chi connectivity index (χ1) is 6.68. The van der Waals surface area contributed by atoms with Gasteiger partial charge < -0.3 is 10.3 Å². The Bertz CT molecular complexity index is 438. The Labute approximate surface area is 83.2 Å². The number of hydrogen-bond acceptors (Lipinski definition) is 2. The van der Waals surface area contributed by atoms with Gasteiger partial charge in [-0.1, -0.05) is 12.1 Å². The van der Waals surface area contributed by atoms with Gasteiger partial charge in [0, 0.05) is 18.3 Å². The molecule has 0 radical (unpaired) electrons. The number of nitrogen functional groups attached to an aromatic ring is 1. The van der Waals surface area contributed by atoms with E-state index in [1.807, 2.05) is 49.1 Å². The van der Waals surface area contributed by atoms with E-state index < -0.39 is 0 Å². The van der Waals surface area contributed by atoms with Crippen molar-refractivity contribution in [1.29, 1.82) is 0 Å². The van der Waals surface area contributed by atoms with Crippen LogP contribution in [0.3, 0.4) is 0 Å². The molecule has 0 fully saturated rings. The van der Waals surface area contributed by atoms with E-state index in [-0.39, 0.29) is 0 Å². The summed E-state index contributed by atoms with van der Waals surface area (Å²) in [6.07, 6.45) is 1.81. The van der Waals surface area contributed by atoms with Crippen LogP contribution in [-0.2, 0) is 7.05 Å². The van der Waals surface area contributed by atoms with Gasteiger partial charge in [0.25, 0.3) is 0 Å². The van der Waals surface area contributed by atoms with Crippen LogP contribution in [0.2, 0.25) is 0 Å². The van der Waals surface area contributed by atoms with Crippen LogP contribution in [0.1, 0.15) is 5.69 Å². The lowest BCUT2D eigenvalue weighted by molar-refractivity contribution is 0.921. The molecule has 0 saturated heterocycles. The lowest BCUT2D eigenvalue weighted by atomic mass is 10.1. The van der Waals surface area contributed by atoms with Crippen molar-refractivity contribution < 1.29 is 0 Å². The molecule has 0 aliphatic heterocycles. The minimum Gasteiger partial charge on any atom is -0.399 e. The summed E-state index contributed by atoms with van der Waals surface area (Å²) in [6.45, 7) is 2.00. The van der Waals surface area contributed by atoms with Crippen molar-refractivity contribution >= 4 is 5.69 Å². The molecule has 0 aliphatic carbocycles. The summed E-state index contributed by atoms with van der Waals surface area (Å²) in [6, 6.07) is 7.84. The Balaban J connectivity index is 2.59. The minimum atomic E-state index is 0.781. The molecule has 1 heterocycles. The summed E-state index contributed by atoms with van der Waals surface area (Å²) in [4.78, 5) is 4.24. The predicted octanol–water partition coefficient (Wildman–Crippen LogP) is 1.98. The molecule has 2 aromatic rings. The highest BCUT2D eigenvalue weighted by molar-refractivity contribution is 5.66. The highest BCUT2D eigenvalue weighted by Crippen LogP contribution is 2.23. The van der Waals surface area contributed by atoms with Gasteiger partial charge in [0.05, 0.1) is 17.7 Å². The van der Waals surface area contributed by atoms with Crippen molar-refractivity contribution in [3.63, 3.8) is 0 Å². The fraction of sp³-hybridized carbons (Fsp3) is 0.182. The highest BCUT2D eigenvalue weighted by Gasteiger charge is 2.06. The summed E-state index contributed by atoms with van der Waals surface area (Å²) in [5.74, 6) is 0. The zero-order valence-electron chi connectivity index (χ0n) is 8.36. The average Bonchev–Trinajstić information content (AvgIpc) is 2.46. The van der Waals surface area contributed by atoms with Gasteiger partial charge in [-0.3, -0.25) is 0 Å². The molecule has 3 nitrogen and oxygen atoms in total. The molecule has 3 heteroatoms. The molecule has 0 bridgehead atoms. The second-order valence-corrected chi connectivity index (χ2v) is 3.41. The summed E-state index contributed by atoms with van der Waals surface area (Å²) in [5, 5.41) is 0. The van der Waals surface area contributed by atoms with Gasteiger partial charge in [-0.05, 0) is 19.1 Å². The Morgan fingerprint density at radius 2 is 2.14 bits per heavy atom. The van der Waals surface area contributed by atoms with Crippen LogP contribution in [0, 0.1) is 6.92 Å². The highest BCUT2D eigenvalue weighted by atomic mass is 15.0. The molecule has 2 rings (SSSR count). The SMILES string of the molecule is Cc1ncn(C)c1-c1cccc(N)c1. The molecular formula is C11H13N3. The van der Waals surface area contributed by atoms with Crippen LogP contribution in [0.25, 0.3) is 11.3 Å². The largest absolute Gasteiger partial charge is 0.399 e. The topological polar surface area (TPSA) is 43.8 Å². The van der Waals surface area contributed by atoms with E-state index in [9.17, 15) is 0 Å². The van der Waals surface area contributed by atoms with Crippen molar-refractivity contribution in [2.24, 2.45) is 7.05 Å². The molecule has 72 valence electrons. The van der Waals surface area contributed by atoms with Crippen LogP contribution >= 0.6 is 0 Å². The number of hydrogen-bond donors (Lipinski definition) is 1. The molecule has 0 saturated carbocycles. The first-order valence-corrected chi connectivity index (χ1v) is 4.52. The Kier molecular flexibility index (Phi) is 2.00. The Hall–Kier alpha value is -1.77. The lowest BCUT2D eigenvalue weighted by Gasteiger charge is -2.04. The first kappa shape index (κ1) is 8.81. The van der Waals surface area contributed by atoms with E-state index >= 15 is 0 Å². The van der Waals surface area contributed by atoms with E-state index in [1.165, 1.54) is 0 Å². The molecule has 1 aromatic carbocycles. The van der Waals surface area contributed by atoms with Crippen LogP contribution < -0.4 is 5.73 Å². The molecule has 14 heavy (non-hydrogen) atoms. The first-order valence-electron chi connectivity index (χ1n) is 4.52. The van der Waals surface area contributed by atoms with E-state index in [2.05, 4.69) is 4.98 Å². The quantitative estimate of drug-likeness (QED) is 0.694. The smallest absolute Gasteiger partial charge is 0.0951 e. The van der Waals surface area contributed by atoms with E-state index in [4.69, 9.17) is 5.73 Å². The van der Waals surface area contributed by atoms with Crippen LogP contribution in [0.15, 0.2) is 30.6 Å². The van der Waals surface area contributed by atoms with Crippen molar-refractivity contribution in [3.8, 4) is 11.3 Å². The zero-order valence-corrected chi connectivity index (χ0v) is 8.36. The molecule has 0 unspecified atom stereocenters. The molecular weight excluding hydrogens is 174 g/mol. The third-order valence-corrected chi connectivity index (χ3v) is 2.28. The molecule has 0 atom stereocenters. The number of imidazole rings is 1. The predicted molar refractivity (Wildman–Crippen MR) is 57.8 cm³/mol. The Morgan fingerprint density at radius 1 is 1.36 bits per heavy atom. The molecule has 0 aliphatic rings. The molecule has 2 N–H and O–H groups in total. The van der Waals surface area contributed by atoms with Gasteiger partial charge in [-0.15, -0.1) is 0 Å². The summed E-state index contributed by atoms with van der Waals surface area (Å²) in [5.41, 5.74) is 9.78. The number of rotatable bonds is 1. The normalized spacial score (nSPS) is 10.4.